The summed E-state index contributed by atoms with van der Waals surface area (Å²) in [4.78, 5) is 0. The summed E-state index contributed by atoms with van der Waals surface area (Å²) in [6.45, 7) is 6.96. The average Bonchev–Trinajstić information content (AvgIpc) is 2.75. The maximum Gasteiger partial charge on any atom is 0.101 e. The van der Waals surface area contributed by atoms with Gasteiger partial charge < -0.3 is 5.11 Å². The van der Waals surface area contributed by atoms with Crippen molar-refractivity contribution in [1.29, 1.82) is 0 Å². The zero-order chi connectivity index (χ0) is 14.0. The molecule has 0 fully saturated rings. The third-order valence-electron chi connectivity index (χ3n) is 3.45. The summed E-state index contributed by atoms with van der Waals surface area (Å²) in [5.41, 5.74) is 4.53. The molecule has 2 rings (SSSR count). The SMILES string of the molecule is CCn1ncc(Br)c1C(O)Cc1ccc(C)c(C)c1. The van der Waals surface area contributed by atoms with Gasteiger partial charge in [-0.1, -0.05) is 18.2 Å². The molecule has 1 aromatic carbocycles. The first-order valence-corrected chi connectivity index (χ1v) is 7.27. The van der Waals surface area contributed by atoms with E-state index < -0.39 is 6.10 Å². The summed E-state index contributed by atoms with van der Waals surface area (Å²) in [6, 6.07) is 6.31. The van der Waals surface area contributed by atoms with Crippen LogP contribution in [0.4, 0.5) is 0 Å². The number of halogens is 1. The molecule has 1 atom stereocenters. The molecule has 102 valence electrons. The minimum Gasteiger partial charge on any atom is -0.386 e. The Morgan fingerprint density at radius 3 is 2.68 bits per heavy atom. The van der Waals surface area contributed by atoms with Crippen LogP contribution in [-0.2, 0) is 13.0 Å². The van der Waals surface area contributed by atoms with Crippen LogP contribution in [-0.4, -0.2) is 14.9 Å². The van der Waals surface area contributed by atoms with Crippen LogP contribution in [0.5, 0.6) is 0 Å². The highest BCUT2D eigenvalue weighted by molar-refractivity contribution is 9.10. The highest BCUT2D eigenvalue weighted by atomic mass is 79.9. The normalized spacial score (nSPS) is 12.7. The number of rotatable bonds is 4. The van der Waals surface area contributed by atoms with Gasteiger partial charge in [0.15, 0.2) is 0 Å². The van der Waals surface area contributed by atoms with Crippen molar-refractivity contribution >= 4 is 15.9 Å². The molecular formula is C15H19BrN2O. The van der Waals surface area contributed by atoms with Gasteiger partial charge in [-0.3, -0.25) is 4.68 Å². The summed E-state index contributed by atoms with van der Waals surface area (Å²) < 4.78 is 2.70. The molecule has 1 unspecified atom stereocenters. The number of aliphatic hydroxyl groups excluding tert-OH is 1. The van der Waals surface area contributed by atoms with Crippen molar-refractivity contribution in [2.75, 3.05) is 0 Å². The van der Waals surface area contributed by atoms with Gasteiger partial charge in [0.1, 0.15) is 6.10 Å². The van der Waals surface area contributed by atoms with Crippen molar-refractivity contribution in [2.24, 2.45) is 0 Å². The molecule has 0 amide bonds. The summed E-state index contributed by atoms with van der Waals surface area (Å²) in [6.07, 6.45) is 1.80. The third-order valence-corrected chi connectivity index (χ3v) is 4.06. The maximum atomic E-state index is 10.4. The van der Waals surface area contributed by atoms with E-state index in [4.69, 9.17) is 0 Å². The maximum absolute atomic E-state index is 10.4. The van der Waals surface area contributed by atoms with Gasteiger partial charge in [-0.15, -0.1) is 0 Å². The van der Waals surface area contributed by atoms with Gasteiger partial charge in [-0.25, -0.2) is 0 Å². The van der Waals surface area contributed by atoms with E-state index in [0.717, 1.165) is 22.3 Å². The zero-order valence-corrected chi connectivity index (χ0v) is 13.1. The van der Waals surface area contributed by atoms with Crippen molar-refractivity contribution in [3.8, 4) is 0 Å². The van der Waals surface area contributed by atoms with E-state index in [1.54, 1.807) is 6.20 Å². The Balaban J connectivity index is 2.22. The van der Waals surface area contributed by atoms with Gasteiger partial charge in [0, 0.05) is 13.0 Å². The number of hydrogen-bond acceptors (Lipinski definition) is 2. The largest absolute Gasteiger partial charge is 0.386 e. The lowest BCUT2D eigenvalue weighted by molar-refractivity contribution is 0.166. The average molecular weight is 323 g/mol. The fourth-order valence-electron chi connectivity index (χ4n) is 2.21. The number of nitrogens with zero attached hydrogens (tertiary/aromatic N) is 2. The minimum absolute atomic E-state index is 0.543. The van der Waals surface area contributed by atoms with Crippen LogP contribution >= 0.6 is 15.9 Å². The molecule has 1 heterocycles. The molecule has 0 spiro atoms. The molecule has 0 bridgehead atoms. The van der Waals surface area contributed by atoms with Gasteiger partial charge in [0.25, 0.3) is 0 Å². The van der Waals surface area contributed by atoms with Crippen LogP contribution in [0.1, 0.15) is 35.4 Å². The van der Waals surface area contributed by atoms with E-state index in [1.165, 1.54) is 11.1 Å². The second-order valence-electron chi connectivity index (χ2n) is 4.83. The predicted octanol–water partition coefficient (Wildman–Crippen LogP) is 3.56. The molecule has 0 saturated heterocycles. The predicted molar refractivity (Wildman–Crippen MR) is 80.2 cm³/mol. The second-order valence-corrected chi connectivity index (χ2v) is 5.69. The lowest BCUT2D eigenvalue weighted by Crippen LogP contribution is -2.11. The van der Waals surface area contributed by atoms with Crippen molar-refractivity contribution < 1.29 is 5.11 Å². The first-order valence-electron chi connectivity index (χ1n) is 6.48. The molecule has 0 aliphatic rings. The van der Waals surface area contributed by atoms with E-state index in [0.29, 0.717) is 6.42 Å². The van der Waals surface area contributed by atoms with Gasteiger partial charge in [0.2, 0.25) is 0 Å². The first-order chi connectivity index (χ1) is 9.02. The molecule has 1 N–H and O–H groups in total. The summed E-state index contributed by atoms with van der Waals surface area (Å²) in [7, 11) is 0. The summed E-state index contributed by atoms with van der Waals surface area (Å²) in [5, 5.41) is 14.7. The number of aromatic nitrogens is 2. The highest BCUT2D eigenvalue weighted by Gasteiger charge is 2.17. The Morgan fingerprint density at radius 1 is 1.32 bits per heavy atom. The Morgan fingerprint density at radius 2 is 2.05 bits per heavy atom. The van der Waals surface area contributed by atoms with E-state index in [1.807, 2.05) is 11.6 Å². The molecule has 4 heteroatoms. The number of benzene rings is 1. The van der Waals surface area contributed by atoms with E-state index >= 15 is 0 Å². The Labute approximate surface area is 122 Å². The van der Waals surface area contributed by atoms with E-state index in [2.05, 4.69) is 53.1 Å². The topological polar surface area (TPSA) is 38.0 Å². The summed E-state index contributed by atoms with van der Waals surface area (Å²) >= 11 is 3.45. The Bertz CT molecular complexity index is 578. The molecule has 0 saturated carbocycles. The van der Waals surface area contributed by atoms with Crippen LogP contribution < -0.4 is 0 Å². The lowest BCUT2D eigenvalue weighted by atomic mass is 10.0. The zero-order valence-electron chi connectivity index (χ0n) is 11.5. The fourth-order valence-corrected chi connectivity index (χ4v) is 2.77. The second kappa shape index (κ2) is 5.88. The fraction of sp³-hybridized carbons (Fsp3) is 0.400. The van der Waals surface area contributed by atoms with Crippen LogP contribution in [0.15, 0.2) is 28.9 Å². The van der Waals surface area contributed by atoms with Crippen LogP contribution in [0, 0.1) is 13.8 Å². The smallest absolute Gasteiger partial charge is 0.101 e. The van der Waals surface area contributed by atoms with Crippen LogP contribution in [0.2, 0.25) is 0 Å². The monoisotopic (exact) mass is 322 g/mol. The molecular weight excluding hydrogens is 304 g/mol. The van der Waals surface area contributed by atoms with Crippen LogP contribution in [0.25, 0.3) is 0 Å². The molecule has 3 nitrogen and oxygen atoms in total. The Hall–Kier alpha value is -1.13. The van der Waals surface area contributed by atoms with E-state index in [9.17, 15) is 5.11 Å². The molecule has 0 aliphatic heterocycles. The van der Waals surface area contributed by atoms with Gasteiger partial charge in [-0.2, -0.15) is 5.10 Å². The van der Waals surface area contributed by atoms with Gasteiger partial charge in [0.05, 0.1) is 16.4 Å². The minimum atomic E-state index is -0.543. The first kappa shape index (κ1) is 14.3. The number of aliphatic hydroxyl groups is 1. The standard InChI is InChI=1S/C15H19BrN2O/c1-4-18-15(13(16)9-17-18)14(19)8-12-6-5-10(2)11(3)7-12/h5-7,9,14,19H,4,8H2,1-3H3. The molecule has 0 radical (unpaired) electrons. The van der Waals surface area contributed by atoms with Gasteiger partial charge >= 0.3 is 0 Å². The summed E-state index contributed by atoms with van der Waals surface area (Å²) in [5.74, 6) is 0. The number of aryl methyl sites for hydroxylation is 3. The molecule has 0 aliphatic carbocycles. The van der Waals surface area contributed by atoms with Gasteiger partial charge in [-0.05, 0) is 53.4 Å². The van der Waals surface area contributed by atoms with Crippen molar-refractivity contribution in [3.63, 3.8) is 0 Å². The molecule has 2 aromatic rings. The molecule has 1 aromatic heterocycles. The van der Waals surface area contributed by atoms with E-state index in [-0.39, 0.29) is 0 Å². The Kier molecular flexibility index (Phi) is 4.42. The third kappa shape index (κ3) is 3.07. The molecule has 19 heavy (non-hydrogen) atoms. The van der Waals surface area contributed by atoms with Crippen molar-refractivity contribution in [2.45, 2.75) is 39.8 Å². The quantitative estimate of drug-likeness (QED) is 0.934. The van der Waals surface area contributed by atoms with Crippen molar-refractivity contribution in [1.82, 2.24) is 9.78 Å². The lowest BCUT2D eigenvalue weighted by Gasteiger charge is -2.14. The number of hydrogen-bond donors (Lipinski definition) is 1. The van der Waals surface area contributed by atoms with Crippen molar-refractivity contribution in [3.05, 3.63) is 51.3 Å². The van der Waals surface area contributed by atoms with Crippen LogP contribution in [0.3, 0.4) is 0 Å². The highest BCUT2D eigenvalue weighted by Crippen LogP contribution is 2.26.